The van der Waals surface area contributed by atoms with Crippen LogP contribution in [0.4, 0.5) is 11.5 Å². The monoisotopic (exact) mass is 387 g/mol. The second-order valence-corrected chi connectivity index (χ2v) is 6.64. The Kier molecular flexibility index (Phi) is 3.90. The van der Waals surface area contributed by atoms with Crippen LogP contribution in [0.5, 0.6) is 11.5 Å². The van der Waals surface area contributed by atoms with Gasteiger partial charge in [0.2, 0.25) is 5.91 Å². The molecule has 0 bridgehead atoms. The van der Waals surface area contributed by atoms with E-state index in [0.29, 0.717) is 28.7 Å². The van der Waals surface area contributed by atoms with Gasteiger partial charge in [-0.2, -0.15) is 5.10 Å². The van der Waals surface area contributed by atoms with Gasteiger partial charge in [-0.3, -0.25) is 19.8 Å². The van der Waals surface area contributed by atoms with Crippen LogP contribution in [0, 0.1) is 0 Å². The zero-order chi connectivity index (χ0) is 20.0. The van der Waals surface area contributed by atoms with Crippen LogP contribution in [0.3, 0.4) is 0 Å². The summed E-state index contributed by atoms with van der Waals surface area (Å²) in [5.74, 6) is 1.72. The number of rotatable bonds is 4. The summed E-state index contributed by atoms with van der Waals surface area (Å²) in [5.41, 5.74) is 3.77. The molecule has 4 aromatic rings. The van der Waals surface area contributed by atoms with Crippen molar-refractivity contribution in [1.82, 2.24) is 20.2 Å². The summed E-state index contributed by atoms with van der Waals surface area (Å²) in [6.07, 6.45) is 3.63. The standard InChI is InChI=1S/C21H17N5O3/c1-28-18-6-3-12(8-19(18)29-2)17-11-22-16-9-20(27)26(21(16)24-17)14-4-5-15-13(7-14)10-23-25-15/h3-8,10-11H,9H2,1-2H3,(H,23,25). The third-order valence-electron chi connectivity index (χ3n) is 4.97. The summed E-state index contributed by atoms with van der Waals surface area (Å²) in [7, 11) is 3.18. The van der Waals surface area contributed by atoms with Crippen LogP contribution in [-0.2, 0) is 11.2 Å². The Labute approximate surface area is 166 Å². The number of aromatic nitrogens is 4. The number of hydrogen-bond donors (Lipinski definition) is 1. The minimum absolute atomic E-state index is 0.0627. The van der Waals surface area contributed by atoms with Crippen molar-refractivity contribution in [1.29, 1.82) is 0 Å². The van der Waals surface area contributed by atoms with Crippen LogP contribution in [0.2, 0.25) is 0 Å². The van der Waals surface area contributed by atoms with Gasteiger partial charge in [-0.1, -0.05) is 0 Å². The van der Waals surface area contributed by atoms with Crippen molar-refractivity contribution in [2.75, 3.05) is 19.1 Å². The fourth-order valence-corrected chi connectivity index (χ4v) is 3.52. The molecule has 0 saturated heterocycles. The summed E-state index contributed by atoms with van der Waals surface area (Å²) in [6, 6.07) is 11.2. The molecule has 0 radical (unpaired) electrons. The second kappa shape index (κ2) is 6.59. The Morgan fingerprint density at radius 2 is 1.90 bits per heavy atom. The topological polar surface area (TPSA) is 93.2 Å². The summed E-state index contributed by atoms with van der Waals surface area (Å²) in [6.45, 7) is 0. The smallest absolute Gasteiger partial charge is 0.238 e. The van der Waals surface area contributed by atoms with Crippen LogP contribution in [0.15, 0.2) is 48.8 Å². The highest BCUT2D eigenvalue weighted by atomic mass is 16.5. The summed E-state index contributed by atoms with van der Waals surface area (Å²) < 4.78 is 10.7. The molecule has 1 aliphatic heterocycles. The maximum Gasteiger partial charge on any atom is 0.238 e. The molecule has 144 valence electrons. The van der Waals surface area contributed by atoms with Gasteiger partial charge in [0.25, 0.3) is 0 Å². The third-order valence-corrected chi connectivity index (χ3v) is 4.97. The SMILES string of the molecule is COc1ccc(-c2cnc3c(n2)N(c2ccc4[nH]ncc4c2)C(=O)C3)cc1OC. The molecule has 2 aromatic carbocycles. The molecule has 0 saturated carbocycles. The van der Waals surface area contributed by atoms with Crippen molar-refractivity contribution < 1.29 is 14.3 Å². The quantitative estimate of drug-likeness (QED) is 0.578. The molecule has 1 aliphatic rings. The Bertz CT molecular complexity index is 1250. The lowest BCUT2D eigenvalue weighted by molar-refractivity contribution is -0.116. The van der Waals surface area contributed by atoms with Gasteiger partial charge in [0.1, 0.15) is 0 Å². The van der Waals surface area contributed by atoms with Gasteiger partial charge in [0, 0.05) is 10.9 Å². The van der Waals surface area contributed by atoms with Gasteiger partial charge >= 0.3 is 0 Å². The van der Waals surface area contributed by atoms with E-state index >= 15 is 0 Å². The number of carbonyl (C=O) groups is 1. The Morgan fingerprint density at radius 1 is 1.03 bits per heavy atom. The van der Waals surface area contributed by atoms with Crippen molar-refractivity contribution in [2.45, 2.75) is 6.42 Å². The van der Waals surface area contributed by atoms with Gasteiger partial charge in [-0.25, -0.2) is 4.98 Å². The fourth-order valence-electron chi connectivity index (χ4n) is 3.52. The van der Waals surface area contributed by atoms with E-state index in [-0.39, 0.29) is 12.3 Å². The van der Waals surface area contributed by atoms with Crippen molar-refractivity contribution in [2.24, 2.45) is 0 Å². The first-order valence-electron chi connectivity index (χ1n) is 9.02. The number of hydrogen-bond acceptors (Lipinski definition) is 6. The number of H-pyrrole nitrogens is 1. The van der Waals surface area contributed by atoms with Gasteiger partial charge in [-0.05, 0) is 36.4 Å². The second-order valence-electron chi connectivity index (χ2n) is 6.64. The summed E-state index contributed by atoms with van der Waals surface area (Å²) >= 11 is 0. The lowest BCUT2D eigenvalue weighted by atomic mass is 10.1. The highest BCUT2D eigenvalue weighted by molar-refractivity contribution is 6.07. The van der Waals surface area contributed by atoms with E-state index in [1.54, 1.807) is 31.5 Å². The number of nitrogens with one attached hydrogen (secondary N) is 1. The average Bonchev–Trinajstić information content (AvgIpc) is 3.35. The minimum Gasteiger partial charge on any atom is -0.493 e. The molecule has 1 amide bonds. The maximum atomic E-state index is 12.7. The van der Waals surface area contributed by atoms with Crippen LogP contribution in [0.25, 0.3) is 22.2 Å². The third kappa shape index (κ3) is 2.77. The summed E-state index contributed by atoms with van der Waals surface area (Å²) in [4.78, 5) is 23.6. The Hall–Kier alpha value is -3.94. The maximum absolute atomic E-state index is 12.7. The van der Waals surface area contributed by atoms with Crippen LogP contribution >= 0.6 is 0 Å². The molecule has 8 nitrogen and oxygen atoms in total. The van der Waals surface area contributed by atoms with E-state index in [1.807, 2.05) is 36.4 Å². The molecule has 0 fully saturated rings. The van der Waals surface area contributed by atoms with Gasteiger partial charge in [0.05, 0.1) is 55.6 Å². The van der Waals surface area contributed by atoms with Gasteiger partial charge in [-0.15, -0.1) is 0 Å². The largest absolute Gasteiger partial charge is 0.493 e. The first kappa shape index (κ1) is 17.2. The number of nitrogens with zero attached hydrogens (tertiary/aromatic N) is 4. The number of anilines is 2. The van der Waals surface area contributed by atoms with E-state index in [2.05, 4.69) is 15.2 Å². The highest BCUT2D eigenvalue weighted by Crippen LogP contribution is 2.37. The van der Waals surface area contributed by atoms with E-state index in [1.165, 1.54) is 0 Å². The zero-order valence-corrected chi connectivity index (χ0v) is 15.8. The molecule has 0 aliphatic carbocycles. The highest BCUT2D eigenvalue weighted by Gasteiger charge is 2.32. The van der Waals surface area contributed by atoms with Crippen LogP contribution in [0.1, 0.15) is 5.69 Å². The number of fused-ring (bicyclic) bond motifs is 2. The van der Waals surface area contributed by atoms with E-state index in [9.17, 15) is 4.79 Å². The van der Waals surface area contributed by atoms with Crippen molar-refractivity contribution in [3.05, 3.63) is 54.5 Å². The van der Waals surface area contributed by atoms with Gasteiger partial charge < -0.3 is 9.47 Å². The molecule has 1 N–H and O–H groups in total. The van der Waals surface area contributed by atoms with Crippen molar-refractivity contribution in [3.63, 3.8) is 0 Å². The lowest BCUT2D eigenvalue weighted by Gasteiger charge is -2.17. The lowest BCUT2D eigenvalue weighted by Crippen LogP contribution is -2.21. The normalized spacial score (nSPS) is 13.0. The molecule has 5 rings (SSSR count). The molecule has 29 heavy (non-hydrogen) atoms. The molecule has 0 spiro atoms. The molecule has 2 aromatic heterocycles. The predicted molar refractivity (Wildman–Crippen MR) is 108 cm³/mol. The number of aromatic amines is 1. The van der Waals surface area contributed by atoms with Crippen molar-refractivity contribution in [3.8, 4) is 22.8 Å². The van der Waals surface area contributed by atoms with Gasteiger partial charge in [0.15, 0.2) is 17.3 Å². The number of amides is 1. The number of carbonyl (C=O) groups excluding carboxylic acids is 1. The first-order chi connectivity index (χ1) is 14.2. The minimum atomic E-state index is -0.0627. The van der Waals surface area contributed by atoms with Crippen molar-refractivity contribution >= 4 is 28.3 Å². The number of ether oxygens (including phenoxy) is 2. The Balaban J connectivity index is 1.59. The fraction of sp³-hybridized carbons (Fsp3) is 0.143. The molecule has 0 atom stereocenters. The molecule has 0 unspecified atom stereocenters. The molecular formula is C21H17N5O3. The molecule has 3 heterocycles. The van der Waals surface area contributed by atoms with E-state index in [4.69, 9.17) is 14.5 Å². The first-order valence-corrected chi connectivity index (χ1v) is 9.02. The van der Waals surface area contributed by atoms with E-state index < -0.39 is 0 Å². The molecular weight excluding hydrogens is 370 g/mol. The van der Waals surface area contributed by atoms with Crippen LogP contribution in [-0.4, -0.2) is 40.3 Å². The van der Waals surface area contributed by atoms with Crippen LogP contribution < -0.4 is 14.4 Å². The summed E-state index contributed by atoms with van der Waals surface area (Å²) in [5, 5.41) is 7.88. The number of benzene rings is 2. The average molecular weight is 387 g/mol. The number of methoxy groups -OCH3 is 2. The van der Waals surface area contributed by atoms with E-state index in [0.717, 1.165) is 22.2 Å². The molecule has 8 heteroatoms. The Morgan fingerprint density at radius 3 is 2.72 bits per heavy atom. The predicted octanol–water partition coefficient (Wildman–Crippen LogP) is 3.26. The zero-order valence-electron chi connectivity index (χ0n) is 15.8.